The molecular weight excluding hydrogens is 260 g/mol. The molecule has 0 aliphatic carbocycles. The number of hydrogen-bond donors (Lipinski definition) is 2. The van der Waals surface area contributed by atoms with Crippen LogP contribution in [0.4, 0.5) is 11.5 Å². The Hall–Kier alpha value is -1.47. The van der Waals surface area contributed by atoms with Gasteiger partial charge in [-0.05, 0) is 31.9 Å². The minimum absolute atomic E-state index is 0.0240. The second kappa shape index (κ2) is 5.45. The van der Waals surface area contributed by atoms with Crippen LogP contribution in [0.2, 0.25) is 5.28 Å². The number of aryl methyl sites for hydroxylation is 1. The Labute approximate surface area is 109 Å². The van der Waals surface area contributed by atoms with Crippen molar-refractivity contribution in [3.05, 3.63) is 21.1 Å². The number of anilines is 1. The lowest BCUT2D eigenvalue weighted by atomic mass is 10.0. The average Bonchev–Trinajstić information content (AvgIpc) is 2.27. The quantitative estimate of drug-likeness (QED) is 0.483. The standard InChI is InChI=1S/C10H15ClN4O3/c1-4-10(3,5-16)14-8-7(15(17)18)6(2)12-9(11)13-8/h16H,4-5H2,1-3H3,(H,12,13,14). The third-order valence-electron chi connectivity index (χ3n) is 2.76. The van der Waals surface area contributed by atoms with Crippen LogP contribution in [0.1, 0.15) is 26.0 Å². The zero-order valence-electron chi connectivity index (χ0n) is 10.4. The first-order valence-corrected chi connectivity index (χ1v) is 5.78. The monoisotopic (exact) mass is 274 g/mol. The number of nitro groups is 1. The van der Waals surface area contributed by atoms with Crippen molar-refractivity contribution in [2.24, 2.45) is 0 Å². The second-order valence-electron chi connectivity index (χ2n) is 4.23. The molecule has 0 aromatic carbocycles. The Morgan fingerprint density at radius 3 is 2.61 bits per heavy atom. The van der Waals surface area contributed by atoms with Gasteiger partial charge in [0.25, 0.3) is 0 Å². The van der Waals surface area contributed by atoms with E-state index < -0.39 is 10.5 Å². The highest BCUT2D eigenvalue weighted by Gasteiger charge is 2.28. The number of hydrogen-bond acceptors (Lipinski definition) is 6. The van der Waals surface area contributed by atoms with Crippen LogP contribution in [0.15, 0.2) is 0 Å². The smallest absolute Gasteiger partial charge is 0.332 e. The summed E-state index contributed by atoms with van der Waals surface area (Å²) in [6.45, 7) is 4.90. The SMILES string of the molecule is CCC(C)(CO)Nc1nc(Cl)nc(C)c1[N+](=O)[O-]. The van der Waals surface area contributed by atoms with Gasteiger partial charge < -0.3 is 10.4 Å². The molecule has 0 bridgehead atoms. The van der Waals surface area contributed by atoms with E-state index in [0.717, 1.165) is 0 Å². The third-order valence-corrected chi connectivity index (χ3v) is 2.93. The fraction of sp³-hybridized carbons (Fsp3) is 0.600. The minimum Gasteiger partial charge on any atom is -0.394 e. The summed E-state index contributed by atoms with van der Waals surface area (Å²) in [5.74, 6) is 0.0240. The van der Waals surface area contributed by atoms with Crippen LogP contribution >= 0.6 is 11.6 Å². The van der Waals surface area contributed by atoms with Gasteiger partial charge >= 0.3 is 5.69 Å². The topological polar surface area (TPSA) is 101 Å². The van der Waals surface area contributed by atoms with Gasteiger partial charge in [-0.1, -0.05) is 6.92 Å². The number of aliphatic hydroxyl groups is 1. The van der Waals surface area contributed by atoms with Crippen LogP contribution < -0.4 is 5.32 Å². The molecule has 8 heteroatoms. The van der Waals surface area contributed by atoms with Gasteiger partial charge in [-0.25, -0.2) is 4.98 Å². The van der Waals surface area contributed by atoms with Crippen LogP contribution in [-0.2, 0) is 0 Å². The Morgan fingerprint density at radius 1 is 1.56 bits per heavy atom. The van der Waals surface area contributed by atoms with Crippen LogP contribution in [-0.4, -0.2) is 32.1 Å². The molecular formula is C10H15ClN4O3. The van der Waals surface area contributed by atoms with Gasteiger partial charge in [-0.2, -0.15) is 4.98 Å². The van der Waals surface area contributed by atoms with E-state index in [1.807, 2.05) is 6.92 Å². The predicted molar refractivity (Wildman–Crippen MR) is 67.8 cm³/mol. The lowest BCUT2D eigenvalue weighted by Gasteiger charge is -2.27. The minimum atomic E-state index is -0.700. The van der Waals surface area contributed by atoms with Crippen molar-refractivity contribution in [2.75, 3.05) is 11.9 Å². The van der Waals surface area contributed by atoms with Crippen molar-refractivity contribution in [2.45, 2.75) is 32.7 Å². The summed E-state index contributed by atoms with van der Waals surface area (Å²) in [6, 6.07) is 0. The fourth-order valence-electron chi connectivity index (χ4n) is 1.36. The first-order valence-electron chi connectivity index (χ1n) is 5.40. The number of aromatic nitrogens is 2. The molecule has 1 aromatic rings. The molecule has 0 saturated carbocycles. The molecule has 1 heterocycles. The van der Waals surface area contributed by atoms with E-state index in [1.165, 1.54) is 6.92 Å². The van der Waals surface area contributed by atoms with E-state index >= 15 is 0 Å². The maximum atomic E-state index is 11.0. The molecule has 0 amide bonds. The summed E-state index contributed by atoms with van der Waals surface area (Å²) in [7, 11) is 0. The average molecular weight is 275 g/mol. The van der Waals surface area contributed by atoms with Crippen molar-refractivity contribution in [1.82, 2.24) is 9.97 Å². The predicted octanol–water partition coefficient (Wildman–Crippen LogP) is 1.92. The molecule has 0 saturated heterocycles. The molecule has 1 atom stereocenters. The van der Waals surface area contributed by atoms with Crippen LogP contribution in [0.25, 0.3) is 0 Å². The van der Waals surface area contributed by atoms with Crippen molar-refractivity contribution in [1.29, 1.82) is 0 Å². The Balaban J connectivity index is 3.27. The summed E-state index contributed by atoms with van der Waals surface area (Å²) in [5.41, 5.74) is -0.749. The highest BCUT2D eigenvalue weighted by molar-refractivity contribution is 6.28. The molecule has 0 aliphatic rings. The highest BCUT2D eigenvalue weighted by Crippen LogP contribution is 2.29. The number of nitrogens with one attached hydrogen (secondary N) is 1. The van der Waals surface area contributed by atoms with Gasteiger partial charge in [0.2, 0.25) is 11.1 Å². The van der Waals surface area contributed by atoms with Crippen molar-refractivity contribution in [3.63, 3.8) is 0 Å². The number of rotatable bonds is 5. The molecule has 0 fully saturated rings. The third kappa shape index (κ3) is 3.05. The van der Waals surface area contributed by atoms with E-state index in [4.69, 9.17) is 11.6 Å². The van der Waals surface area contributed by atoms with Crippen molar-refractivity contribution >= 4 is 23.1 Å². The molecule has 0 radical (unpaired) electrons. The molecule has 0 spiro atoms. The molecule has 2 N–H and O–H groups in total. The molecule has 18 heavy (non-hydrogen) atoms. The number of aliphatic hydroxyl groups excluding tert-OH is 1. The summed E-state index contributed by atoms with van der Waals surface area (Å²) >= 11 is 5.69. The summed E-state index contributed by atoms with van der Waals surface area (Å²) < 4.78 is 0. The maximum absolute atomic E-state index is 11.0. The van der Waals surface area contributed by atoms with E-state index in [-0.39, 0.29) is 29.1 Å². The van der Waals surface area contributed by atoms with Gasteiger partial charge in [0.15, 0.2) is 0 Å². The Morgan fingerprint density at radius 2 is 2.17 bits per heavy atom. The van der Waals surface area contributed by atoms with Gasteiger partial charge in [-0.3, -0.25) is 10.1 Å². The van der Waals surface area contributed by atoms with E-state index in [9.17, 15) is 15.2 Å². The van der Waals surface area contributed by atoms with Crippen LogP contribution in [0.5, 0.6) is 0 Å². The molecule has 0 aliphatic heterocycles. The van der Waals surface area contributed by atoms with Gasteiger partial charge in [-0.15, -0.1) is 0 Å². The van der Waals surface area contributed by atoms with E-state index in [2.05, 4.69) is 15.3 Å². The first kappa shape index (κ1) is 14.6. The lowest BCUT2D eigenvalue weighted by Crippen LogP contribution is -2.38. The number of nitrogens with zero attached hydrogens (tertiary/aromatic N) is 3. The lowest BCUT2D eigenvalue weighted by molar-refractivity contribution is -0.385. The highest BCUT2D eigenvalue weighted by atomic mass is 35.5. The Bertz CT molecular complexity index is 463. The number of halogens is 1. The van der Waals surface area contributed by atoms with E-state index in [0.29, 0.717) is 6.42 Å². The molecule has 100 valence electrons. The maximum Gasteiger partial charge on any atom is 0.332 e. The summed E-state index contributed by atoms with van der Waals surface area (Å²) in [5, 5.41) is 23.1. The van der Waals surface area contributed by atoms with Crippen LogP contribution in [0.3, 0.4) is 0 Å². The molecule has 1 rings (SSSR count). The zero-order valence-corrected chi connectivity index (χ0v) is 11.2. The first-order chi connectivity index (χ1) is 8.33. The molecule has 7 nitrogen and oxygen atoms in total. The normalized spacial score (nSPS) is 14.1. The van der Waals surface area contributed by atoms with E-state index in [1.54, 1.807) is 6.92 Å². The van der Waals surface area contributed by atoms with Crippen LogP contribution in [0, 0.1) is 17.0 Å². The summed E-state index contributed by atoms with van der Waals surface area (Å²) in [6.07, 6.45) is 0.571. The van der Waals surface area contributed by atoms with Gasteiger partial charge in [0.1, 0.15) is 5.69 Å². The zero-order chi connectivity index (χ0) is 13.9. The molecule has 1 aromatic heterocycles. The largest absolute Gasteiger partial charge is 0.394 e. The summed E-state index contributed by atoms with van der Waals surface area (Å²) in [4.78, 5) is 18.0. The Kier molecular flexibility index (Phi) is 4.42. The van der Waals surface area contributed by atoms with Gasteiger partial charge in [0.05, 0.1) is 17.1 Å². The van der Waals surface area contributed by atoms with Crippen molar-refractivity contribution < 1.29 is 10.0 Å². The van der Waals surface area contributed by atoms with Gasteiger partial charge in [0, 0.05) is 0 Å². The molecule has 1 unspecified atom stereocenters. The fourth-order valence-corrected chi connectivity index (χ4v) is 1.58. The van der Waals surface area contributed by atoms with Crippen molar-refractivity contribution in [3.8, 4) is 0 Å². The second-order valence-corrected chi connectivity index (χ2v) is 4.57.